The van der Waals surface area contributed by atoms with E-state index in [4.69, 9.17) is 9.47 Å². The molecule has 3 unspecified atom stereocenters. The molecule has 0 spiro atoms. The molecule has 224 valence electrons. The molecule has 0 aromatic heterocycles. The number of rotatable bonds is 15. The van der Waals surface area contributed by atoms with Crippen molar-refractivity contribution >= 4 is 17.9 Å². The van der Waals surface area contributed by atoms with Crippen molar-refractivity contribution in [2.45, 2.75) is 84.1 Å². The highest BCUT2D eigenvalue weighted by Crippen LogP contribution is 2.25. The molecule has 0 aromatic carbocycles. The molecule has 0 aliphatic heterocycles. The first-order valence-corrected chi connectivity index (χ1v) is 10.8. The highest BCUT2D eigenvalue weighted by Gasteiger charge is 2.30. The smallest absolute Gasteiger partial charge is 0.309 e. The van der Waals surface area contributed by atoms with E-state index in [1.807, 2.05) is 28.1 Å². The van der Waals surface area contributed by atoms with Crippen LogP contribution in [-0.4, -0.2) is 95.5 Å². The van der Waals surface area contributed by atoms with Crippen LogP contribution < -0.4 is 5.11 Å². The number of hydrogen-bond acceptors (Lipinski definition) is 6. The topological polar surface area (TPSA) is 92.7 Å². The summed E-state index contributed by atoms with van der Waals surface area (Å²) in [5, 5.41) is 11.2. The quantitative estimate of drug-likeness (QED) is 0.177. The van der Waals surface area contributed by atoms with Gasteiger partial charge < -0.3 is 28.3 Å². The number of esters is 2. The molecule has 3 atom stereocenters. The third-order valence-electron chi connectivity index (χ3n) is 4.99. The average molecular weight is 528 g/mol. The van der Waals surface area contributed by atoms with Crippen molar-refractivity contribution in [2.75, 3.05) is 68.6 Å². The molecule has 0 radical (unpaired) electrons. The molecule has 0 fully saturated rings. The Balaban J connectivity index is -0.000000280. The van der Waals surface area contributed by atoms with Crippen LogP contribution in [0.3, 0.4) is 0 Å². The van der Waals surface area contributed by atoms with Gasteiger partial charge in [-0.05, 0) is 25.2 Å². The average Bonchev–Trinajstić information content (AvgIpc) is 2.59. The third kappa shape index (κ3) is 25.4. The van der Waals surface area contributed by atoms with Gasteiger partial charge >= 0.3 is 11.9 Å². The van der Waals surface area contributed by atoms with Crippen molar-refractivity contribution in [3.05, 3.63) is 0 Å². The molecule has 0 aromatic rings. The number of carbonyl (C=O) groups excluding carboxylic acids is 3. The van der Waals surface area contributed by atoms with Crippen LogP contribution >= 0.6 is 0 Å². The summed E-state index contributed by atoms with van der Waals surface area (Å²) in [6.45, 7) is 5.47. The van der Waals surface area contributed by atoms with Crippen LogP contribution in [0.1, 0.15) is 84.1 Å². The summed E-state index contributed by atoms with van der Waals surface area (Å²) in [5.41, 5.74) is 0. The maximum Gasteiger partial charge on any atom is 0.309 e. The standard InChI is InChI=1S/C22H43N2O6.6CH4/c1-9-18(21(27)30-14-12-24(6,7)8)16-19(15-17(2)20(25)26)22(28)29-13-10-11-23(3,4)5;;;;;;/h17-19H,9-16H2,1-8H3;6*1H4/q+1;;;;;;. The molecule has 0 rings (SSSR count). The number of carboxylic acid groups (broad SMARTS) is 1. The van der Waals surface area contributed by atoms with Crippen molar-refractivity contribution < 1.29 is 37.9 Å². The Bertz CT molecular complexity index is 553. The molecule has 8 heteroatoms. The van der Waals surface area contributed by atoms with Gasteiger partial charge in [-0.25, -0.2) is 0 Å². The Morgan fingerprint density at radius 3 is 1.50 bits per heavy atom. The maximum atomic E-state index is 12.7. The molecular formula is C28H67N2O6+. The Morgan fingerprint density at radius 1 is 0.694 bits per heavy atom. The summed E-state index contributed by atoms with van der Waals surface area (Å²) in [6, 6.07) is 0. The molecule has 0 bridgehead atoms. The van der Waals surface area contributed by atoms with Gasteiger partial charge in [0.15, 0.2) is 0 Å². The van der Waals surface area contributed by atoms with Gasteiger partial charge in [0.25, 0.3) is 0 Å². The van der Waals surface area contributed by atoms with Gasteiger partial charge in [0.2, 0.25) is 0 Å². The molecule has 0 saturated carbocycles. The van der Waals surface area contributed by atoms with Gasteiger partial charge in [0.1, 0.15) is 13.2 Å². The minimum atomic E-state index is -1.21. The largest absolute Gasteiger partial charge is 0.550 e. The Kier molecular flexibility index (Phi) is 33.6. The fourth-order valence-electron chi connectivity index (χ4n) is 2.95. The fourth-order valence-corrected chi connectivity index (χ4v) is 2.95. The number of ether oxygens (including phenoxy) is 2. The molecule has 0 saturated heterocycles. The van der Waals surface area contributed by atoms with Crippen molar-refractivity contribution in [2.24, 2.45) is 17.8 Å². The Hall–Kier alpha value is -1.67. The number of likely N-dealkylation sites (N-methyl/N-ethyl adjacent to an activating group) is 1. The number of nitrogens with zero attached hydrogens (tertiary/aromatic N) is 2. The van der Waals surface area contributed by atoms with Gasteiger partial charge in [-0.3, -0.25) is 9.59 Å². The first-order chi connectivity index (χ1) is 13.7. The summed E-state index contributed by atoms with van der Waals surface area (Å²) in [7, 11) is 12.2. The Labute approximate surface area is 226 Å². The minimum Gasteiger partial charge on any atom is -0.550 e. The lowest BCUT2D eigenvalue weighted by Crippen LogP contribution is -2.38. The van der Waals surface area contributed by atoms with Gasteiger partial charge in [-0.15, -0.1) is 0 Å². The van der Waals surface area contributed by atoms with Crippen molar-refractivity contribution in [3.63, 3.8) is 0 Å². The van der Waals surface area contributed by atoms with Crippen LogP contribution in [0.15, 0.2) is 0 Å². The van der Waals surface area contributed by atoms with E-state index in [1.54, 1.807) is 0 Å². The molecule has 0 aliphatic rings. The SMILES string of the molecule is C.C.C.C.C.C.CCC(CC(CC(C)C(=O)[O-])C(=O)OCCC[N+](C)(C)C)C(=O)OCC[N+](C)(C)C. The molecule has 0 aliphatic carbocycles. The summed E-state index contributed by atoms with van der Waals surface area (Å²) in [6.07, 6.45) is 1.52. The van der Waals surface area contributed by atoms with E-state index in [-0.39, 0.29) is 70.0 Å². The number of hydrogen-bond donors (Lipinski definition) is 0. The van der Waals surface area contributed by atoms with E-state index in [1.165, 1.54) is 6.92 Å². The predicted octanol–water partition coefficient (Wildman–Crippen LogP) is 4.50. The first-order valence-electron chi connectivity index (χ1n) is 10.8. The second-order valence-corrected chi connectivity index (χ2v) is 10.2. The van der Waals surface area contributed by atoms with Crippen LogP contribution in [0.2, 0.25) is 0 Å². The van der Waals surface area contributed by atoms with Crippen LogP contribution in [-0.2, 0) is 23.9 Å². The Morgan fingerprint density at radius 2 is 1.11 bits per heavy atom. The van der Waals surface area contributed by atoms with Gasteiger partial charge in [-0.2, -0.15) is 0 Å². The molecule has 0 heterocycles. The second-order valence-electron chi connectivity index (χ2n) is 10.2. The van der Waals surface area contributed by atoms with Crippen molar-refractivity contribution in [3.8, 4) is 0 Å². The van der Waals surface area contributed by atoms with E-state index >= 15 is 0 Å². The first kappa shape index (κ1) is 51.1. The van der Waals surface area contributed by atoms with E-state index in [9.17, 15) is 19.5 Å². The zero-order valence-electron chi connectivity index (χ0n) is 20.2. The van der Waals surface area contributed by atoms with Crippen LogP contribution in [0.25, 0.3) is 0 Å². The van der Waals surface area contributed by atoms with Crippen LogP contribution in [0.4, 0.5) is 0 Å². The van der Waals surface area contributed by atoms with E-state index in [2.05, 4.69) is 21.1 Å². The summed E-state index contributed by atoms with van der Waals surface area (Å²) in [5.74, 6) is -3.98. The number of carbonyl (C=O) groups is 3. The minimum absolute atomic E-state index is 0. The van der Waals surface area contributed by atoms with Crippen molar-refractivity contribution in [1.29, 1.82) is 0 Å². The van der Waals surface area contributed by atoms with Gasteiger partial charge in [-0.1, -0.05) is 58.4 Å². The molecule has 8 nitrogen and oxygen atoms in total. The molecule has 0 amide bonds. The van der Waals surface area contributed by atoms with E-state index < -0.39 is 29.7 Å². The van der Waals surface area contributed by atoms with E-state index in [0.29, 0.717) is 30.5 Å². The van der Waals surface area contributed by atoms with Gasteiger partial charge in [0.05, 0.1) is 67.3 Å². The number of aliphatic carboxylic acids is 1. The van der Waals surface area contributed by atoms with Crippen LogP contribution in [0, 0.1) is 17.8 Å². The monoisotopic (exact) mass is 527 g/mol. The highest BCUT2D eigenvalue weighted by molar-refractivity contribution is 5.77. The zero-order chi connectivity index (χ0) is 23.5. The van der Waals surface area contributed by atoms with Gasteiger partial charge in [0, 0.05) is 12.4 Å². The second kappa shape index (κ2) is 23.7. The summed E-state index contributed by atoms with van der Waals surface area (Å²) >= 11 is 0. The normalized spacial score (nSPS) is 12.7. The van der Waals surface area contributed by atoms with Crippen LogP contribution in [0.5, 0.6) is 0 Å². The molecule has 0 N–H and O–H groups in total. The zero-order valence-corrected chi connectivity index (χ0v) is 20.2. The fraction of sp³-hybridized carbons (Fsp3) is 0.893. The third-order valence-corrected chi connectivity index (χ3v) is 4.99. The molecule has 36 heavy (non-hydrogen) atoms. The maximum absolute atomic E-state index is 12.7. The highest BCUT2D eigenvalue weighted by atomic mass is 16.5. The molecular weight excluding hydrogens is 460 g/mol. The number of carboxylic acids is 1. The summed E-state index contributed by atoms with van der Waals surface area (Å²) < 4.78 is 12.3. The lowest BCUT2D eigenvalue weighted by atomic mass is 9.86. The van der Waals surface area contributed by atoms with Crippen molar-refractivity contribution in [1.82, 2.24) is 0 Å². The number of quaternary nitrogens is 2. The van der Waals surface area contributed by atoms with E-state index in [0.717, 1.165) is 11.0 Å². The lowest BCUT2D eigenvalue weighted by molar-refractivity contribution is -0.870. The summed E-state index contributed by atoms with van der Waals surface area (Å²) in [4.78, 5) is 36.3. The predicted molar refractivity (Wildman–Crippen MR) is 153 cm³/mol. The lowest BCUT2D eigenvalue weighted by Gasteiger charge is -2.26.